The quantitative estimate of drug-likeness (QED) is 0.615. The van der Waals surface area contributed by atoms with Gasteiger partial charge in [0.25, 0.3) is 11.8 Å². The number of rotatable bonds is 1. The molecule has 2 amide bonds. The van der Waals surface area contributed by atoms with Crippen molar-refractivity contribution >= 4 is 34.8 Å². The Bertz CT molecular complexity index is 524. The number of imide groups is 1. The largest absolute Gasteiger partial charge is 0.398 e. The minimum atomic E-state index is -0.510. The summed E-state index contributed by atoms with van der Waals surface area (Å²) in [6.45, 7) is 0. The number of nitrogen functional groups attached to an aromatic ring is 1. The second-order valence-corrected chi connectivity index (χ2v) is 4.82. The minimum Gasteiger partial charge on any atom is -0.398 e. The fourth-order valence-electron chi connectivity index (χ4n) is 2.31. The van der Waals surface area contributed by atoms with Crippen molar-refractivity contribution in [3.8, 4) is 0 Å². The number of anilines is 2. The maximum atomic E-state index is 12.1. The van der Waals surface area contributed by atoms with Gasteiger partial charge in [0.15, 0.2) is 0 Å². The summed E-state index contributed by atoms with van der Waals surface area (Å²) in [4.78, 5) is 25.3. The Morgan fingerprint density at radius 3 is 2.39 bits per heavy atom. The Balaban J connectivity index is 2.02. The highest BCUT2D eigenvalue weighted by molar-refractivity contribution is 6.33. The molecule has 2 aliphatic heterocycles. The Kier molecular flexibility index (Phi) is 2.53. The molecule has 2 atom stereocenters. The highest BCUT2D eigenvalue weighted by Crippen LogP contribution is 2.33. The zero-order valence-electron chi connectivity index (χ0n) is 9.43. The van der Waals surface area contributed by atoms with Gasteiger partial charge in [-0.25, -0.2) is 4.90 Å². The van der Waals surface area contributed by atoms with Crippen LogP contribution in [-0.4, -0.2) is 24.0 Å². The van der Waals surface area contributed by atoms with Crippen LogP contribution in [0.25, 0.3) is 0 Å². The van der Waals surface area contributed by atoms with E-state index in [1.807, 2.05) is 0 Å². The number of nitrogens with two attached hydrogens (primary N) is 1. The number of hydrogen-bond acceptors (Lipinski definition) is 4. The third-order valence-corrected chi connectivity index (χ3v) is 3.58. The summed E-state index contributed by atoms with van der Waals surface area (Å²) in [6.07, 6.45) is 0.163. The van der Waals surface area contributed by atoms with Crippen LogP contribution in [0.3, 0.4) is 0 Å². The molecular weight excluding hydrogens is 256 g/mol. The molecule has 0 spiro atoms. The summed E-state index contributed by atoms with van der Waals surface area (Å²) < 4.78 is 5.33. The van der Waals surface area contributed by atoms with E-state index in [0.29, 0.717) is 29.2 Å². The van der Waals surface area contributed by atoms with Gasteiger partial charge in [0.05, 0.1) is 16.4 Å². The summed E-state index contributed by atoms with van der Waals surface area (Å²) >= 11 is 5.91. The highest BCUT2D eigenvalue weighted by Gasteiger charge is 2.47. The molecule has 0 saturated carbocycles. The van der Waals surface area contributed by atoms with E-state index in [9.17, 15) is 9.59 Å². The van der Waals surface area contributed by atoms with Crippen LogP contribution in [-0.2, 0) is 14.3 Å². The summed E-state index contributed by atoms with van der Waals surface area (Å²) in [5.41, 5.74) is 6.47. The van der Waals surface area contributed by atoms with Crippen molar-refractivity contribution in [1.82, 2.24) is 0 Å². The molecule has 6 heteroatoms. The van der Waals surface area contributed by atoms with Gasteiger partial charge in [-0.3, -0.25) is 9.59 Å². The lowest BCUT2D eigenvalue weighted by Gasteiger charge is -2.30. The number of fused-ring (bicyclic) bond motifs is 2. The second-order valence-electron chi connectivity index (χ2n) is 4.41. The number of benzene rings is 1. The van der Waals surface area contributed by atoms with E-state index in [2.05, 4.69) is 0 Å². The third kappa shape index (κ3) is 1.59. The summed E-state index contributed by atoms with van der Waals surface area (Å²) in [5.74, 6) is -0.649. The van der Waals surface area contributed by atoms with Gasteiger partial charge < -0.3 is 10.5 Å². The number of carbonyl (C=O) groups is 2. The van der Waals surface area contributed by atoms with Crippen LogP contribution in [0, 0.1) is 0 Å². The van der Waals surface area contributed by atoms with Crippen molar-refractivity contribution in [3.63, 3.8) is 0 Å². The normalized spacial score (nSPS) is 26.8. The van der Waals surface area contributed by atoms with Crippen molar-refractivity contribution in [2.24, 2.45) is 0 Å². The molecule has 0 aromatic heterocycles. The highest BCUT2D eigenvalue weighted by atomic mass is 35.5. The number of morpholine rings is 1. The average molecular weight is 267 g/mol. The lowest BCUT2D eigenvalue weighted by atomic mass is 10.2. The first-order valence-corrected chi connectivity index (χ1v) is 6.04. The molecule has 5 nitrogen and oxygen atoms in total. The molecule has 2 saturated heterocycles. The van der Waals surface area contributed by atoms with Gasteiger partial charge in [0.2, 0.25) is 0 Å². The standard InChI is InChI=1S/C12H11ClN2O3/c13-7-5-6(1-2-8(7)14)15-11(16)9-3-4-10(18-9)12(15)17/h1-2,5,9-10H,3-4,14H2. The van der Waals surface area contributed by atoms with E-state index in [1.165, 1.54) is 6.07 Å². The van der Waals surface area contributed by atoms with Crippen molar-refractivity contribution in [2.75, 3.05) is 10.6 Å². The van der Waals surface area contributed by atoms with Crippen LogP contribution in [0.15, 0.2) is 18.2 Å². The van der Waals surface area contributed by atoms with Crippen molar-refractivity contribution < 1.29 is 14.3 Å². The number of halogens is 1. The molecule has 2 aliphatic rings. The number of hydrogen-bond donors (Lipinski definition) is 1. The van der Waals surface area contributed by atoms with Crippen LogP contribution < -0.4 is 10.6 Å². The SMILES string of the molecule is Nc1ccc(N2C(=O)C3CCC(O3)C2=O)cc1Cl. The topological polar surface area (TPSA) is 72.6 Å². The first kappa shape index (κ1) is 11.5. The number of carbonyl (C=O) groups excluding carboxylic acids is 2. The maximum absolute atomic E-state index is 12.1. The minimum absolute atomic E-state index is 0.324. The van der Waals surface area contributed by atoms with E-state index in [4.69, 9.17) is 22.1 Å². The molecule has 2 N–H and O–H groups in total. The van der Waals surface area contributed by atoms with Gasteiger partial charge >= 0.3 is 0 Å². The Labute approximate surface area is 108 Å². The smallest absolute Gasteiger partial charge is 0.262 e. The summed E-state index contributed by atoms with van der Waals surface area (Å²) in [5, 5.41) is 0.326. The van der Waals surface area contributed by atoms with E-state index in [-0.39, 0.29) is 11.8 Å². The predicted molar refractivity (Wildman–Crippen MR) is 66.3 cm³/mol. The van der Waals surface area contributed by atoms with E-state index in [0.717, 1.165) is 4.90 Å². The number of nitrogens with zero attached hydrogens (tertiary/aromatic N) is 1. The van der Waals surface area contributed by atoms with Crippen LogP contribution in [0.4, 0.5) is 11.4 Å². The van der Waals surface area contributed by atoms with E-state index >= 15 is 0 Å². The first-order valence-electron chi connectivity index (χ1n) is 5.66. The van der Waals surface area contributed by atoms with E-state index in [1.54, 1.807) is 12.1 Å². The number of amides is 2. The average Bonchev–Trinajstić information content (AvgIpc) is 2.78. The summed E-state index contributed by atoms with van der Waals surface area (Å²) in [7, 11) is 0. The zero-order chi connectivity index (χ0) is 12.9. The second kappa shape index (κ2) is 3.96. The van der Waals surface area contributed by atoms with E-state index < -0.39 is 12.2 Å². The molecule has 3 rings (SSSR count). The maximum Gasteiger partial charge on any atom is 0.262 e. The molecule has 2 fully saturated rings. The van der Waals surface area contributed by atoms with Gasteiger partial charge in [0.1, 0.15) is 12.2 Å². The molecular formula is C12H11ClN2O3. The molecule has 2 unspecified atom stereocenters. The fourth-order valence-corrected chi connectivity index (χ4v) is 2.48. The lowest BCUT2D eigenvalue weighted by Crippen LogP contribution is -2.52. The van der Waals surface area contributed by atoms with Crippen LogP contribution in [0.1, 0.15) is 12.8 Å². The predicted octanol–water partition coefficient (Wildman–Crippen LogP) is 1.34. The third-order valence-electron chi connectivity index (χ3n) is 3.25. The van der Waals surface area contributed by atoms with Crippen molar-refractivity contribution in [3.05, 3.63) is 23.2 Å². The molecule has 1 aromatic carbocycles. The van der Waals surface area contributed by atoms with Crippen LogP contribution in [0.2, 0.25) is 5.02 Å². The zero-order valence-corrected chi connectivity index (χ0v) is 10.2. The summed E-state index contributed by atoms with van der Waals surface area (Å²) in [6, 6.07) is 4.72. The monoisotopic (exact) mass is 266 g/mol. The van der Waals surface area contributed by atoms with Gasteiger partial charge in [-0.1, -0.05) is 11.6 Å². The molecule has 0 aliphatic carbocycles. The molecule has 94 valence electrons. The Morgan fingerprint density at radius 2 is 1.83 bits per heavy atom. The Hall–Kier alpha value is -1.59. The Morgan fingerprint density at radius 1 is 1.22 bits per heavy atom. The molecule has 0 radical (unpaired) electrons. The molecule has 18 heavy (non-hydrogen) atoms. The van der Waals surface area contributed by atoms with Crippen molar-refractivity contribution in [2.45, 2.75) is 25.0 Å². The van der Waals surface area contributed by atoms with Gasteiger partial charge in [-0.05, 0) is 31.0 Å². The fraction of sp³-hybridized carbons (Fsp3) is 0.333. The van der Waals surface area contributed by atoms with Gasteiger partial charge in [-0.15, -0.1) is 0 Å². The molecule has 2 heterocycles. The number of ether oxygens (including phenoxy) is 1. The lowest BCUT2D eigenvalue weighted by molar-refractivity contribution is -0.146. The van der Waals surface area contributed by atoms with Crippen LogP contribution in [0.5, 0.6) is 0 Å². The molecule has 2 bridgehead atoms. The van der Waals surface area contributed by atoms with Gasteiger partial charge in [-0.2, -0.15) is 0 Å². The van der Waals surface area contributed by atoms with Crippen LogP contribution >= 0.6 is 11.6 Å². The van der Waals surface area contributed by atoms with Gasteiger partial charge in [0, 0.05) is 0 Å². The van der Waals surface area contributed by atoms with Crippen molar-refractivity contribution in [1.29, 1.82) is 0 Å². The first-order chi connectivity index (χ1) is 8.58. The molecule has 1 aromatic rings.